The van der Waals surface area contributed by atoms with Gasteiger partial charge in [-0.3, -0.25) is 9.36 Å². The van der Waals surface area contributed by atoms with Gasteiger partial charge in [-0.15, -0.1) is 0 Å². The van der Waals surface area contributed by atoms with Crippen LogP contribution in [0.5, 0.6) is 11.5 Å². The lowest BCUT2D eigenvalue weighted by molar-refractivity contribution is 0.0960. The number of ether oxygens (including phenoxy) is 1. The van der Waals surface area contributed by atoms with E-state index in [0.29, 0.717) is 28.1 Å². The molecule has 0 bridgehead atoms. The number of carbonyl (C=O) groups excluding carboxylic acids is 1. The predicted molar refractivity (Wildman–Crippen MR) is 125 cm³/mol. The largest absolute Gasteiger partial charge is 0.457 e. The SMILES string of the molecule is Cc1c(C(=O)n2cccc2)cn2ncc(C#N)c(Nc3ccc(Oc4ccccc4)cc3)c12. The number of fused-ring (bicyclic) bond motifs is 1. The minimum Gasteiger partial charge on any atom is -0.457 e. The molecule has 0 radical (unpaired) electrons. The Morgan fingerprint density at radius 3 is 2.39 bits per heavy atom. The van der Waals surface area contributed by atoms with Gasteiger partial charge in [-0.25, -0.2) is 4.52 Å². The van der Waals surface area contributed by atoms with Crippen LogP contribution in [0.4, 0.5) is 11.4 Å². The van der Waals surface area contributed by atoms with E-state index in [4.69, 9.17) is 4.74 Å². The van der Waals surface area contributed by atoms with Crippen molar-refractivity contribution >= 4 is 22.8 Å². The second-order valence-electron chi connectivity index (χ2n) is 7.47. The third-order valence-corrected chi connectivity index (χ3v) is 5.35. The predicted octanol–water partition coefficient (Wildman–Crippen LogP) is 5.54. The monoisotopic (exact) mass is 433 g/mol. The summed E-state index contributed by atoms with van der Waals surface area (Å²) in [6, 6.07) is 22.8. The molecule has 0 aliphatic carbocycles. The Labute approximate surface area is 190 Å². The number of aryl methyl sites for hydroxylation is 1. The van der Waals surface area contributed by atoms with Crippen molar-refractivity contribution in [3.63, 3.8) is 0 Å². The number of rotatable bonds is 5. The van der Waals surface area contributed by atoms with Crippen molar-refractivity contribution in [1.29, 1.82) is 5.26 Å². The van der Waals surface area contributed by atoms with Gasteiger partial charge >= 0.3 is 0 Å². The molecule has 0 amide bonds. The lowest BCUT2D eigenvalue weighted by atomic mass is 10.1. The number of para-hydroxylation sites is 1. The molecule has 1 N–H and O–H groups in total. The van der Waals surface area contributed by atoms with Gasteiger partial charge in [0.05, 0.1) is 28.5 Å². The molecule has 3 heterocycles. The zero-order chi connectivity index (χ0) is 22.8. The summed E-state index contributed by atoms with van der Waals surface area (Å²) in [6.45, 7) is 1.86. The number of nitrogens with zero attached hydrogens (tertiary/aromatic N) is 4. The number of hydrogen-bond donors (Lipinski definition) is 1. The maximum absolute atomic E-state index is 12.9. The molecule has 0 saturated carbocycles. The third-order valence-electron chi connectivity index (χ3n) is 5.35. The van der Waals surface area contributed by atoms with Gasteiger partial charge in [-0.05, 0) is 61.0 Å². The fourth-order valence-corrected chi connectivity index (χ4v) is 3.70. The molecule has 2 aromatic carbocycles. The maximum atomic E-state index is 12.9. The van der Waals surface area contributed by atoms with E-state index in [1.807, 2.05) is 61.5 Å². The van der Waals surface area contributed by atoms with Crippen molar-refractivity contribution in [2.75, 3.05) is 5.32 Å². The zero-order valence-corrected chi connectivity index (χ0v) is 17.8. The Hall–Kier alpha value is -4.83. The van der Waals surface area contributed by atoms with Gasteiger partial charge in [0.25, 0.3) is 5.91 Å². The average Bonchev–Trinajstić information content (AvgIpc) is 3.49. The highest BCUT2D eigenvalue weighted by molar-refractivity contribution is 6.01. The molecule has 33 heavy (non-hydrogen) atoms. The van der Waals surface area contributed by atoms with Gasteiger partial charge in [0.1, 0.15) is 17.6 Å². The summed E-state index contributed by atoms with van der Waals surface area (Å²) < 4.78 is 9.00. The van der Waals surface area contributed by atoms with E-state index in [9.17, 15) is 10.1 Å². The van der Waals surface area contributed by atoms with Crippen LogP contribution in [-0.4, -0.2) is 20.1 Å². The van der Waals surface area contributed by atoms with E-state index in [-0.39, 0.29) is 5.91 Å². The lowest BCUT2D eigenvalue weighted by Gasteiger charge is -2.12. The summed E-state index contributed by atoms with van der Waals surface area (Å²) in [4.78, 5) is 12.9. The summed E-state index contributed by atoms with van der Waals surface area (Å²) in [5, 5.41) is 17.4. The van der Waals surface area contributed by atoms with Crippen molar-refractivity contribution in [2.24, 2.45) is 0 Å². The van der Waals surface area contributed by atoms with E-state index in [1.54, 1.807) is 35.2 Å². The average molecular weight is 433 g/mol. The van der Waals surface area contributed by atoms with Crippen molar-refractivity contribution in [3.8, 4) is 17.6 Å². The molecule has 160 valence electrons. The molecule has 7 heteroatoms. The van der Waals surface area contributed by atoms with Crippen LogP contribution in [0.15, 0.2) is 91.5 Å². The lowest BCUT2D eigenvalue weighted by Crippen LogP contribution is -2.09. The fourth-order valence-electron chi connectivity index (χ4n) is 3.70. The van der Waals surface area contributed by atoms with Crippen LogP contribution in [0.3, 0.4) is 0 Å². The van der Waals surface area contributed by atoms with Crippen LogP contribution in [0.25, 0.3) is 5.52 Å². The summed E-state index contributed by atoms with van der Waals surface area (Å²) in [6.07, 6.45) is 6.59. The molecule has 3 aromatic heterocycles. The molecule has 5 rings (SSSR count). The normalized spacial score (nSPS) is 10.7. The highest BCUT2D eigenvalue weighted by Crippen LogP contribution is 2.31. The Kier molecular flexibility index (Phi) is 5.09. The molecule has 7 nitrogen and oxygen atoms in total. The smallest absolute Gasteiger partial charge is 0.263 e. The Morgan fingerprint density at radius 1 is 1.00 bits per heavy atom. The van der Waals surface area contributed by atoms with Crippen molar-refractivity contribution in [1.82, 2.24) is 14.2 Å². The van der Waals surface area contributed by atoms with E-state index < -0.39 is 0 Å². The molecule has 0 aliphatic rings. The number of benzene rings is 2. The first-order valence-electron chi connectivity index (χ1n) is 10.3. The number of aromatic nitrogens is 3. The quantitative estimate of drug-likeness (QED) is 0.393. The summed E-state index contributed by atoms with van der Waals surface area (Å²) in [5.41, 5.74) is 3.68. The molecule has 0 atom stereocenters. The van der Waals surface area contributed by atoms with Gasteiger partial charge < -0.3 is 10.1 Å². The second-order valence-corrected chi connectivity index (χ2v) is 7.47. The molecule has 0 spiro atoms. The summed E-state index contributed by atoms with van der Waals surface area (Å²) in [5.74, 6) is 1.30. The Balaban J connectivity index is 1.49. The number of anilines is 2. The van der Waals surface area contributed by atoms with Gasteiger partial charge in [-0.1, -0.05) is 18.2 Å². The molecular formula is C26H19N5O2. The topological polar surface area (TPSA) is 84.3 Å². The zero-order valence-electron chi connectivity index (χ0n) is 17.8. The highest BCUT2D eigenvalue weighted by Gasteiger charge is 2.20. The number of nitriles is 1. The minimum atomic E-state index is -0.158. The Morgan fingerprint density at radius 2 is 1.70 bits per heavy atom. The van der Waals surface area contributed by atoms with Crippen LogP contribution in [0, 0.1) is 18.3 Å². The first-order chi connectivity index (χ1) is 16.1. The first kappa shape index (κ1) is 20.1. The van der Waals surface area contributed by atoms with Crippen LogP contribution in [0.1, 0.15) is 21.5 Å². The summed E-state index contributed by atoms with van der Waals surface area (Å²) >= 11 is 0. The third kappa shape index (κ3) is 3.82. The Bertz CT molecular complexity index is 1480. The van der Waals surface area contributed by atoms with Crippen LogP contribution in [-0.2, 0) is 0 Å². The van der Waals surface area contributed by atoms with Gasteiger partial charge in [-0.2, -0.15) is 10.4 Å². The standard InChI is InChI=1S/C26H19N5O2/c1-18-23(26(32)30-13-5-6-14-30)17-31-25(18)24(19(15-27)16-28-31)29-20-9-11-22(12-10-20)33-21-7-3-2-4-8-21/h2-14,16-17,29H,1H3. The van der Waals surface area contributed by atoms with Crippen LogP contribution < -0.4 is 10.1 Å². The van der Waals surface area contributed by atoms with Crippen molar-refractivity contribution < 1.29 is 9.53 Å². The van der Waals surface area contributed by atoms with Gasteiger partial charge in [0.2, 0.25) is 0 Å². The van der Waals surface area contributed by atoms with Crippen LogP contribution in [0.2, 0.25) is 0 Å². The summed E-state index contributed by atoms with van der Waals surface area (Å²) in [7, 11) is 0. The molecule has 5 aromatic rings. The fraction of sp³-hybridized carbons (Fsp3) is 0.0385. The molecular weight excluding hydrogens is 414 g/mol. The van der Waals surface area contributed by atoms with Crippen molar-refractivity contribution in [2.45, 2.75) is 6.92 Å². The van der Waals surface area contributed by atoms with Gasteiger partial charge in [0.15, 0.2) is 0 Å². The van der Waals surface area contributed by atoms with Crippen LogP contribution >= 0.6 is 0 Å². The minimum absolute atomic E-state index is 0.158. The van der Waals surface area contributed by atoms with E-state index >= 15 is 0 Å². The number of carbonyl (C=O) groups is 1. The molecule has 0 fully saturated rings. The second kappa shape index (κ2) is 8.36. The van der Waals surface area contributed by atoms with Crippen molar-refractivity contribution in [3.05, 3.63) is 108 Å². The molecule has 0 aliphatic heterocycles. The van der Waals surface area contributed by atoms with E-state index in [2.05, 4.69) is 16.5 Å². The van der Waals surface area contributed by atoms with Gasteiger partial charge in [0, 0.05) is 24.3 Å². The highest BCUT2D eigenvalue weighted by atomic mass is 16.5. The number of hydrogen-bond acceptors (Lipinski definition) is 5. The van der Waals surface area contributed by atoms with E-state index in [0.717, 1.165) is 17.0 Å². The van der Waals surface area contributed by atoms with E-state index in [1.165, 1.54) is 10.8 Å². The first-order valence-corrected chi connectivity index (χ1v) is 10.3. The number of nitrogens with one attached hydrogen (secondary N) is 1. The maximum Gasteiger partial charge on any atom is 0.263 e. The molecule has 0 saturated heterocycles. The molecule has 0 unspecified atom stereocenters.